The Kier molecular flexibility index (Phi) is 5.47. The lowest BCUT2D eigenvalue weighted by atomic mass is 10.1. The van der Waals surface area contributed by atoms with Crippen LogP contribution in [0.25, 0.3) is 28.2 Å². The summed E-state index contributed by atoms with van der Waals surface area (Å²) in [5.41, 5.74) is 6.99. The molecular formula is C23H19F2N7O3. The van der Waals surface area contributed by atoms with Crippen LogP contribution in [-0.2, 0) is 4.79 Å². The molecule has 12 heteroatoms. The molecule has 3 aromatic heterocycles. The number of amides is 2. The van der Waals surface area contributed by atoms with E-state index in [-0.39, 0.29) is 31.0 Å². The molecule has 1 aromatic carbocycles. The molecule has 10 nitrogen and oxygen atoms in total. The van der Waals surface area contributed by atoms with Gasteiger partial charge in [-0.1, -0.05) is 0 Å². The van der Waals surface area contributed by atoms with E-state index >= 15 is 0 Å². The van der Waals surface area contributed by atoms with Crippen molar-refractivity contribution in [2.45, 2.75) is 6.04 Å². The molecule has 2 amide bonds. The molecule has 0 spiro atoms. The summed E-state index contributed by atoms with van der Waals surface area (Å²) in [6.45, 7) is 0.388. The number of benzene rings is 1. The van der Waals surface area contributed by atoms with Gasteiger partial charge in [-0.3, -0.25) is 19.2 Å². The highest BCUT2D eigenvalue weighted by atomic mass is 19.1. The van der Waals surface area contributed by atoms with Crippen molar-refractivity contribution in [3.05, 3.63) is 66.5 Å². The molecular weight excluding hydrogens is 460 g/mol. The number of imidazole rings is 1. The third kappa shape index (κ3) is 3.98. The number of nitrogens with zero attached hydrogens (tertiary/aromatic N) is 6. The zero-order valence-corrected chi connectivity index (χ0v) is 18.2. The number of hydrogen-bond acceptors (Lipinski definition) is 6. The van der Waals surface area contributed by atoms with Gasteiger partial charge in [-0.25, -0.2) is 23.5 Å². The van der Waals surface area contributed by atoms with E-state index in [0.29, 0.717) is 22.7 Å². The number of anilines is 1. The fourth-order valence-corrected chi connectivity index (χ4v) is 4.18. The summed E-state index contributed by atoms with van der Waals surface area (Å²) in [4.78, 5) is 39.5. The number of hydrogen-bond donors (Lipinski definition) is 2. The summed E-state index contributed by atoms with van der Waals surface area (Å²) in [5, 5.41) is 9.38. The van der Waals surface area contributed by atoms with E-state index in [1.807, 2.05) is 0 Å². The predicted molar refractivity (Wildman–Crippen MR) is 122 cm³/mol. The number of carbonyl (C=O) groups is 2. The molecule has 4 heterocycles. The van der Waals surface area contributed by atoms with Gasteiger partial charge in [0.2, 0.25) is 5.91 Å². The zero-order valence-electron chi connectivity index (χ0n) is 18.2. The molecule has 0 aliphatic carbocycles. The Balaban J connectivity index is 1.63. The van der Waals surface area contributed by atoms with E-state index < -0.39 is 29.7 Å². The highest BCUT2D eigenvalue weighted by Gasteiger charge is 2.35. The Morgan fingerprint density at radius 2 is 1.80 bits per heavy atom. The van der Waals surface area contributed by atoms with Gasteiger partial charge >= 0.3 is 6.09 Å². The van der Waals surface area contributed by atoms with Crippen molar-refractivity contribution in [1.82, 2.24) is 24.4 Å². The SMILES string of the molecule is NC(=O)[C@H]1CN(c2ccc3nc(-c4ccc(F)cc4F)n(-c4ccncc4)c3n2)CCN1C(=O)O. The maximum Gasteiger partial charge on any atom is 0.408 e. The lowest BCUT2D eigenvalue weighted by Gasteiger charge is -2.38. The molecule has 0 bridgehead atoms. The number of carboxylic acid groups (broad SMARTS) is 1. The van der Waals surface area contributed by atoms with Crippen molar-refractivity contribution >= 4 is 29.0 Å². The van der Waals surface area contributed by atoms with Crippen LogP contribution in [0.1, 0.15) is 0 Å². The van der Waals surface area contributed by atoms with Crippen LogP contribution in [0.5, 0.6) is 0 Å². The molecule has 3 N–H and O–H groups in total. The highest BCUT2D eigenvalue weighted by molar-refractivity contribution is 5.85. The number of pyridine rings is 2. The van der Waals surface area contributed by atoms with Crippen LogP contribution in [0.3, 0.4) is 0 Å². The van der Waals surface area contributed by atoms with Crippen LogP contribution in [0.15, 0.2) is 54.9 Å². The van der Waals surface area contributed by atoms with Gasteiger partial charge in [0.1, 0.15) is 34.8 Å². The summed E-state index contributed by atoms with van der Waals surface area (Å²) in [6.07, 6.45) is 1.91. The van der Waals surface area contributed by atoms with Crippen LogP contribution in [0.2, 0.25) is 0 Å². The second-order valence-corrected chi connectivity index (χ2v) is 7.95. The van der Waals surface area contributed by atoms with E-state index in [9.17, 15) is 23.5 Å². The minimum Gasteiger partial charge on any atom is -0.465 e. The third-order valence-corrected chi connectivity index (χ3v) is 5.86. The number of rotatable bonds is 4. The lowest BCUT2D eigenvalue weighted by molar-refractivity contribution is -0.122. The van der Waals surface area contributed by atoms with Crippen LogP contribution >= 0.6 is 0 Å². The molecule has 178 valence electrons. The molecule has 5 rings (SSSR count). The monoisotopic (exact) mass is 479 g/mol. The Morgan fingerprint density at radius 3 is 2.49 bits per heavy atom. The van der Waals surface area contributed by atoms with E-state index in [0.717, 1.165) is 17.0 Å². The number of fused-ring (bicyclic) bond motifs is 1. The van der Waals surface area contributed by atoms with Crippen LogP contribution in [-0.4, -0.2) is 67.2 Å². The summed E-state index contributed by atoms with van der Waals surface area (Å²) in [5.74, 6) is -1.55. The number of nitrogens with two attached hydrogens (primary N) is 1. The first-order chi connectivity index (χ1) is 16.8. The van der Waals surface area contributed by atoms with Crippen molar-refractivity contribution < 1.29 is 23.5 Å². The fraction of sp³-hybridized carbons (Fsp3) is 0.174. The van der Waals surface area contributed by atoms with Crippen molar-refractivity contribution in [2.24, 2.45) is 5.73 Å². The van der Waals surface area contributed by atoms with Gasteiger partial charge < -0.3 is 15.7 Å². The van der Waals surface area contributed by atoms with Crippen LogP contribution in [0, 0.1) is 11.6 Å². The topological polar surface area (TPSA) is 130 Å². The Morgan fingerprint density at radius 1 is 1.03 bits per heavy atom. The van der Waals surface area contributed by atoms with Crippen LogP contribution in [0.4, 0.5) is 19.4 Å². The average Bonchev–Trinajstić information content (AvgIpc) is 3.22. The standard InChI is InChI=1S/C23H19F2N7O3/c24-13-1-2-15(16(25)11-13)21-28-17-3-4-19(29-22(17)32(21)14-5-7-27-8-6-14)30-9-10-31(23(34)35)18(12-30)20(26)33/h1-8,11,18H,9-10,12H2,(H2,26,33)(H,34,35)/t18-/m1/s1. The van der Waals surface area contributed by atoms with E-state index in [1.165, 1.54) is 6.07 Å². The molecule has 1 aliphatic rings. The van der Waals surface area contributed by atoms with Crippen molar-refractivity contribution in [3.63, 3.8) is 0 Å². The summed E-state index contributed by atoms with van der Waals surface area (Å²) in [6, 6.07) is 9.01. The van der Waals surface area contributed by atoms with Gasteiger partial charge in [0, 0.05) is 38.1 Å². The normalized spacial score (nSPS) is 16.0. The molecule has 4 aromatic rings. The van der Waals surface area contributed by atoms with Crippen LogP contribution < -0.4 is 10.6 Å². The van der Waals surface area contributed by atoms with E-state index in [4.69, 9.17) is 10.7 Å². The summed E-state index contributed by atoms with van der Waals surface area (Å²) < 4.78 is 29.9. The average molecular weight is 479 g/mol. The van der Waals surface area contributed by atoms with Gasteiger partial charge in [0.15, 0.2) is 5.65 Å². The maximum atomic E-state index is 14.7. The minimum atomic E-state index is -1.22. The Bertz CT molecular complexity index is 1440. The second-order valence-electron chi connectivity index (χ2n) is 7.95. The van der Waals surface area contributed by atoms with Gasteiger partial charge in [-0.15, -0.1) is 0 Å². The summed E-state index contributed by atoms with van der Waals surface area (Å²) >= 11 is 0. The Hall–Kier alpha value is -4.61. The molecule has 35 heavy (non-hydrogen) atoms. The first kappa shape index (κ1) is 22.2. The van der Waals surface area contributed by atoms with E-state index in [1.54, 1.807) is 46.1 Å². The number of aromatic nitrogens is 4. The lowest BCUT2D eigenvalue weighted by Crippen LogP contribution is -2.59. The molecule has 0 unspecified atom stereocenters. The third-order valence-electron chi connectivity index (χ3n) is 5.86. The van der Waals surface area contributed by atoms with Gasteiger partial charge in [0.25, 0.3) is 0 Å². The van der Waals surface area contributed by atoms with Gasteiger partial charge in [0.05, 0.1) is 11.3 Å². The molecule has 0 saturated carbocycles. The van der Waals surface area contributed by atoms with Gasteiger partial charge in [-0.2, -0.15) is 0 Å². The molecule has 1 atom stereocenters. The van der Waals surface area contributed by atoms with Crippen molar-refractivity contribution in [3.8, 4) is 17.1 Å². The first-order valence-corrected chi connectivity index (χ1v) is 10.6. The zero-order chi connectivity index (χ0) is 24.7. The fourth-order valence-electron chi connectivity index (χ4n) is 4.18. The second kappa shape index (κ2) is 8.63. The van der Waals surface area contributed by atoms with E-state index in [2.05, 4.69) is 9.97 Å². The smallest absolute Gasteiger partial charge is 0.408 e. The maximum absolute atomic E-state index is 14.7. The minimum absolute atomic E-state index is 0.0307. The Labute approximate surface area is 197 Å². The number of piperazine rings is 1. The van der Waals surface area contributed by atoms with Crippen molar-refractivity contribution in [2.75, 3.05) is 24.5 Å². The number of halogens is 2. The number of carbonyl (C=O) groups excluding carboxylic acids is 1. The number of primary amides is 1. The largest absolute Gasteiger partial charge is 0.465 e. The first-order valence-electron chi connectivity index (χ1n) is 10.6. The quantitative estimate of drug-likeness (QED) is 0.460. The van der Waals surface area contributed by atoms with Gasteiger partial charge in [-0.05, 0) is 36.4 Å². The molecule has 0 radical (unpaired) electrons. The molecule has 1 aliphatic heterocycles. The molecule has 1 saturated heterocycles. The highest BCUT2D eigenvalue weighted by Crippen LogP contribution is 2.31. The predicted octanol–water partition coefficient (Wildman–Crippen LogP) is 2.41. The molecule has 1 fully saturated rings. The van der Waals surface area contributed by atoms with Crippen molar-refractivity contribution in [1.29, 1.82) is 0 Å². The summed E-state index contributed by atoms with van der Waals surface area (Å²) in [7, 11) is 0.